The topological polar surface area (TPSA) is 84.9 Å². The van der Waals surface area contributed by atoms with Crippen LogP contribution in [-0.4, -0.2) is 43.5 Å². The van der Waals surface area contributed by atoms with Crippen molar-refractivity contribution < 1.29 is 24.2 Å². The van der Waals surface area contributed by atoms with Crippen molar-refractivity contribution in [2.24, 2.45) is 5.92 Å². The molecule has 0 heterocycles. The normalized spacial score (nSPS) is 26.1. The van der Waals surface area contributed by atoms with Crippen LogP contribution in [0.1, 0.15) is 19.3 Å². The van der Waals surface area contributed by atoms with E-state index in [1.54, 1.807) is 7.11 Å². The number of hydrogen-bond donors (Lipinski definition) is 2. The molecule has 6 heteroatoms. The number of alkyl carbamates (subject to hydrolysis) is 1. The zero-order chi connectivity index (χ0) is 12.1. The fraction of sp³-hybridized carbons (Fsp3) is 0.800. The SMILES string of the molecule is COC(=O)NC(C(=O)O)[C@@H]1CC[C@@H](OC)C1. The van der Waals surface area contributed by atoms with Crippen molar-refractivity contribution in [3.63, 3.8) is 0 Å². The Labute approximate surface area is 93.9 Å². The summed E-state index contributed by atoms with van der Waals surface area (Å²) in [6.07, 6.45) is 1.59. The zero-order valence-electron chi connectivity index (χ0n) is 9.43. The summed E-state index contributed by atoms with van der Waals surface area (Å²) in [5.74, 6) is -1.13. The number of carboxylic acids is 1. The third kappa shape index (κ3) is 3.10. The number of rotatable bonds is 4. The van der Waals surface area contributed by atoms with Crippen molar-refractivity contribution in [3.05, 3.63) is 0 Å². The third-order valence-corrected chi connectivity index (χ3v) is 2.95. The molecule has 1 unspecified atom stereocenters. The molecule has 0 bridgehead atoms. The van der Waals surface area contributed by atoms with Crippen LogP contribution in [0.5, 0.6) is 0 Å². The number of nitrogens with one attached hydrogen (secondary N) is 1. The minimum absolute atomic E-state index is 0.0892. The molecule has 16 heavy (non-hydrogen) atoms. The summed E-state index contributed by atoms with van der Waals surface area (Å²) in [4.78, 5) is 22.0. The highest BCUT2D eigenvalue weighted by Crippen LogP contribution is 2.30. The Hall–Kier alpha value is -1.30. The number of carboxylic acid groups (broad SMARTS) is 1. The van der Waals surface area contributed by atoms with Crippen LogP contribution in [0.3, 0.4) is 0 Å². The van der Waals surface area contributed by atoms with Crippen LogP contribution in [0.4, 0.5) is 4.79 Å². The van der Waals surface area contributed by atoms with Crippen molar-refractivity contribution in [3.8, 4) is 0 Å². The summed E-state index contributed by atoms with van der Waals surface area (Å²) in [6, 6.07) is -0.896. The van der Waals surface area contributed by atoms with Gasteiger partial charge in [-0.2, -0.15) is 0 Å². The summed E-state index contributed by atoms with van der Waals surface area (Å²) in [5, 5.41) is 11.4. The van der Waals surface area contributed by atoms with E-state index in [2.05, 4.69) is 10.1 Å². The monoisotopic (exact) mass is 231 g/mol. The van der Waals surface area contributed by atoms with Crippen molar-refractivity contribution in [1.82, 2.24) is 5.32 Å². The molecule has 92 valence electrons. The van der Waals surface area contributed by atoms with Gasteiger partial charge in [0.15, 0.2) is 0 Å². The molecule has 1 fully saturated rings. The van der Waals surface area contributed by atoms with Gasteiger partial charge in [0.1, 0.15) is 6.04 Å². The standard InChI is InChI=1S/C10H17NO5/c1-15-7-4-3-6(5-7)8(9(12)13)11-10(14)16-2/h6-8H,3-5H2,1-2H3,(H,11,14)(H,12,13)/t6-,7-,8?/m1/s1. The van der Waals surface area contributed by atoms with Crippen molar-refractivity contribution in [1.29, 1.82) is 0 Å². The fourth-order valence-electron chi connectivity index (χ4n) is 2.06. The Morgan fingerprint density at radius 1 is 1.38 bits per heavy atom. The smallest absolute Gasteiger partial charge is 0.407 e. The molecule has 1 rings (SSSR count). The molecule has 0 aliphatic heterocycles. The largest absolute Gasteiger partial charge is 0.480 e. The second-order valence-corrected chi connectivity index (χ2v) is 3.88. The van der Waals surface area contributed by atoms with Gasteiger partial charge in [0.2, 0.25) is 0 Å². The molecule has 0 saturated heterocycles. The second-order valence-electron chi connectivity index (χ2n) is 3.88. The second kappa shape index (κ2) is 5.69. The Morgan fingerprint density at radius 2 is 2.06 bits per heavy atom. The van der Waals surface area contributed by atoms with E-state index in [1.807, 2.05) is 0 Å². The van der Waals surface area contributed by atoms with E-state index >= 15 is 0 Å². The van der Waals surface area contributed by atoms with Gasteiger partial charge in [-0.1, -0.05) is 0 Å². The number of carbonyl (C=O) groups is 2. The van der Waals surface area contributed by atoms with Gasteiger partial charge in [0.05, 0.1) is 13.2 Å². The molecule has 6 nitrogen and oxygen atoms in total. The molecular formula is C10H17NO5. The van der Waals surface area contributed by atoms with Gasteiger partial charge in [-0.15, -0.1) is 0 Å². The maximum Gasteiger partial charge on any atom is 0.407 e. The summed E-state index contributed by atoms with van der Waals surface area (Å²) in [7, 11) is 2.82. The lowest BCUT2D eigenvalue weighted by Gasteiger charge is -2.20. The van der Waals surface area contributed by atoms with E-state index in [0.717, 1.165) is 12.8 Å². The van der Waals surface area contributed by atoms with Gasteiger partial charge in [-0.25, -0.2) is 9.59 Å². The molecule has 1 amide bonds. The molecule has 0 radical (unpaired) electrons. The lowest BCUT2D eigenvalue weighted by molar-refractivity contribution is -0.140. The summed E-state index contributed by atoms with van der Waals surface area (Å²) < 4.78 is 9.56. The number of carbonyl (C=O) groups excluding carboxylic acids is 1. The molecule has 0 aromatic rings. The van der Waals surface area contributed by atoms with E-state index in [4.69, 9.17) is 9.84 Å². The van der Waals surface area contributed by atoms with Crippen molar-refractivity contribution in [2.75, 3.05) is 14.2 Å². The maximum absolute atomic E-state index is 11.0. The lowest BCUT2D eigenvalue weighted by atomic mass is 9.98. The van der Waals surface area contributed by atoms with Crippen LogP contribution in [0.25, 0.3) is 0 Å². The highest BCUT2D eigenvalue weighted by atomic mass is 16.5. The molecule has 0 spiro atoms. The van der Waals surface area contributed by atoms with E-state index in [0.29, 0.717) is 6.42 Å². The summed E-state index contributed by atoms with van der Waals surface area (Å²) in [6.45, 7) is 0. The van der Waals surface area contributed by atoms with Gasteiger partial charge in [0, 0.05) is 7.11 Å². The van der Waals surface area contributed by atoms with Crippen LogP contribution in [-0.2, 0) is 14.3 Å². The minimum Gasteiger partial charge on any atom is -0.480 e. The van der Waals surface area contributed by atoms with Crippen LogP contribution >= 0.6 is 0 Å². The van der Waals surface area contributed by atoms with Crippen LogP contribution < -0.4 is 5.32 Å². The molecule has 2 N–H and O–H groups in total. The lowest BCUT2D eigenvalue weighted by Crippen LogP contribution is -2.45. The van der Waals surface area contributed by atoms with E-state index in [1.165, 1.54) is 7.11 Å². The van der Waals surface area contributed by atoms with Crippen LogP contribution in [0.15, 0.2) is 0 Å². The Kier molecular flexibility index (Phi) is 4.54. The number of methoxy groups -OCH3 is 2. The minimum atomic E-state index is -1.04. The summed E-state index contributed by atoms with van der Waals surface area (Å²) >= 11 is 0. The Balaban J connectivity index is 2.57. The van der Waals surface area contributed by atoms with Gasteiger partial charge >= 0.3 is 12.1 Å². The first-order valence-corrected chi connectivity index (χ1v) is 5.18. The quantitative estimate of drug-likeness (QED) is 0.740. The van der Waals surface area contributed by atoms with Gasteiger partial charge in [-0.05, 0) is 25.2 Å². The predicted molar refractivity (Wildman–Crippen MR) is 55.1 cm³/mol. The molecule has 1 aliphatic carbocycles. The molecule has 3 atom stereocenters. The molecule has 1 aliphatic rings. The average Bonchev–Trinajstić information content (AvgIpc) is 2.73. The van der Waals surface area contributed by atoms with Gasteiger partial charge in [0.25, 0.3) is 0 Å². The number of hydrogen-bond acceptors (Lipinski definition) is 4. The van der Waals surface area contributed by atoms with Gasteiger partial charge < -0.3 is 19.9 Å². The number of amides is 1. The first kappa shape index (κ1) is 12.8. The van der Waals surface area contributed by atoms with E-state index in [9.17, 15) is 9.59 Å². The summed E-state index contributed by atoms with van der Waals surface area (Å²) in [5.41, 5.74) is 0. The fourth-order valence-corrected chi connectivity index (χ4v) is 2.06. The van der Waals surface area contributed by atoms with Gasteiger partial charge in [-0.3, -0.25) is 0 Å². The van der Waals surface area contributed by atoms with Crippen molar-refractivity contribution in [2.45, 2.75) is 31.4 Å². The van der Waals surface area contributed by atoms with Crippen LogP contribution in [0.2, 0.25) is 0 Å². The molecule has 1 saturated carbocycles. The van der Waals surface area contributed by atoms with E-state index < -0.39 is 18.1 Å². The molecular weight excluding hydrogens is 214 g/mol. The zero-order valence-corrected chi connectivity index (χ0v) is 9.43. The average molecular weight is 231 g/mol. The third-order valence-electron chi connectivity index (χ3n) is 2.95. The Morgan fingerprint density at radius 3 is 2.50 bits per heavy atom. The number of aliphatic carboxylic acids is 1. The molecule has 0 aromatic heterocycles. The first-order valence-electron chi connectivity index (χ1n) is 5.18. The maximum atomic E-state index is 11.0. The van der Waals surface area contributed by atoms with E-state index in [-0.39, 0.29) is 12.0 Å². The predicted octanol–water partition coefficient (Wildman–Crippen LogP) is 0.611. The highest BCUT2D eigenvalue weighted by molar-refractivity contribution is 5.80. The van der Waals surface area contributed by atoms with Crippen molar-refractivity contribution >= 4 is 12.1 Å². The van der Waals surface area contributed by atoms with Crippen LogP contribution in [0, 0.1) is 5.92 Å². The highest BCUT2D eigenvalue weighted by Gasteiger charge is 2.36. The number of ether oxygens (including phenoxy) is 2. The first-order chi connectivity index (χ1) is 7.58. The molecule has 0 aromatic carbocycles. The Bertz CT molecular complexity index is 268.